The Bertz CT molecular complexity index is 1090. The van der Waals surface area contributed by atoms with Gasteiger partial charge in [0, 0.05) is 36.4 Å². The van der Waals surface area contributed by atoms with Crippen molar-refractivity contribution in [2.24, 2.45) is 0 Å². The summed E-state index contributed by atoms with van der Waals surface area (Å²) in [7, 11) is 0. The van der Waals surface area contributed by atoms with Crippen molar-refractivity contribution in [2.75, 3.05) is 11.4 Å². The zero-order valence-electron chi connectivity index (χ0n) is 15.8. The zero-order chi connectivity index (χ0) is 20.2. The van der Waals surface area contributed by atoms with Gasteiger partial charge in [-0.15, -0.1) is 11.3 Å². The third kappa shape index (κ3) is 4.58. The molecule has 3 aromatic heterocycles. The molecule has 0 aliphatic carbocycles. The van der Waals surface area contributed by atoms with E-state index in [1.165, 1.54) is 11.3 Å². The predicted octanol–water partition coefficient (Wildman–Crippen LogP) is 5.65. The molecule has 4 rings (SSSR count). The van der Waals surface area contributed by atoms with Crippen LogP contribution in [0, 0.1) is 6.92 Å². The fourth-order valence-corrected chi connectivity index (χ4v) is 4.93. The second kappa shape index (κ2) is 8.90. The molecular formula is C21H19ClN4OS2. The quantitative estimate of drug-likeness (QED) is 0.347. The molecule has 0 unspecified atom stereocenters. The van der Waals surface area contributed by atoms with E-state index in [2.05, 4.69) is 4.98 Å². The molecule has 0 saturated carbocycles. The number of amides is 1. The third-order valence-electron chi connectivity index (χ3n) is 4.47. The fraction of sp³-hybridized carbons (Fsp3) is 0.190. The minimum absolute atomic E-state index is 0.0862. The molecule has 0 N–H and O–H groups in total. The summed E-state index contributed by atoms with van der Waals surface area (Å²) >= 11 is 9.43. The summed E-state index contributed by atoms with van der Waals surface area (Å²) in [6, 6.07) is 7.79. The molecule has 0 fully saturated rings. The maximum atomic E-state index is 13.0. The Balaban J connectivity index is 1.60. The van der Waals surface area contributed by atoms with Crippen molar-refractivity contribution < 1.29 is 4.79 Å². The highest BCUT2D eigenvalue weighted by atomic mass is 35.5. The molecule has 1 amide bonds. The maximum absolute atomic E-state index is 13.0. The van der Waals surface area contributed by atoms with Gasteiger partial charge in [0.05, 0.1) is 21.6 Å². The van der Waals surface area contributed by atoms with E-state index in [-0.39, 0.29) is 5.91 Å². The average molecular weight is 443 g/mol. The molecule has 0 radical (unpaired) electrons. The molecule has 5 nitrogen and oxygen atoms in total. The molecule has 1 aromatic carbocycles. The lowest BCUT2D eigenvalue weighted by Crippen LogP contribution is -2.30. The third-order valence-corrected chi connectivity index (χ3v) is 6.85. The Morgan fingerprint density at radius 1 is 1.34 bits per heavy atom. The standard InChI is InChI=1S/C21H19ClN4OS2/c1-15-5-7-17(22)20-19(15)24-21(29-20)26(11-3-10-25-12-9-23-14-25)18(27)8-6-16-4-2-13-28-16/h2,4-9,12-14H,3,10-11H2,1H3/b8-6+. The largest absolute Gasteiger partial charge is 0.337 e. The Labute approximate surface area is 181 Å². The Kier molecular flexibility index (Phi) is 6.08. The van der Waals surface area contributed by atoms with Gasteiger partial charge in [0.25, 0.3) is 5.91 Å². The minimum atomic E-state index is -0.0862. The lowest BCUT2D eigenvalue weighted by Gasteiger charge is -2.18. The highest BCUT2D eigenvalue weighted by Crippen LogP contribution is 2.35. The summed E-state index contributed by atoms with van der Waals surface area (Å²) in [6.45, 7) is 3.34. The number of imidazole rings is 1. The number of thiophene rings is 1. The number of carbonyl (C=O) groups excluding carboxylic acids is 1. The van der Waals surface area contributed by atoms with Crippen molar-refractivity contribution in [1.29, 1.82) is 0 Å². The van der Waals surface area contributed by atoms with Crippen LogP contribution in [0.2, 0.25) is 5.02 Å². The summed E-state index contributed by atoms with van der Waals surface area (Å²) in [5.74, 6) is -0.0862. The minimum Gasteiger partial charge on any atom is -0.337 e. The van der Waals surface area contributed by atoms with E-state index in [4.69, 9.17) is 16.6 Å². The summed E-state index contributed by atoms with van der Waals surface area (Å²) in [5.41, 5.74) is 1.90. The van der Waals surface area contributed by atoms with Gasteiger partial charge in [-0.25, -0.2) is 9.97 Å². The zero-order valence-corrected chi connectivity index (χ0v) is 18.2. The van der Waals surface area contributed by atoms with Crippen LogP contribution in [0.1, 0.15) is 16.9 Å². The Morgan fingerprint density at radius 2 is 2.24 bits per heavy atom. The van der Waals surface area contributed by atoms with Crippen molar-refractivity contribution in [1.82, 2.24) is 14.5 Å². The Morgan fingerprint density at radius 3 is 2.97 bits per heavy atom. The lowest BCUT2D eigenvalue weighted by molar-refractivity contribution is -0.114. The van der Waals surface area contributed by atoms with Crippen LogP contribution in [0.15, 0.2) is 54.4 Å². The van der Waals surface area contributed by atoms with Gasteiger partial charge in [0.1, 0.15) is 0 Å². The van der Waals surface area contributed by atoms with Crippen molar-refractivity contribution >= 4 is 61.6 Å². The molecule has 0 spiro atoms. The summed E-state index contributed by atoms with van der Waals surface area (Å²) in [6.07, 6.45) is 9.71. The van der Waals surface area contributed by atoms with Crippen LogP contribution in [0.4, 0.5) is 5.13 Å². The topological polar surface area (TPSA) is 51.0 Å². The number of aryl methyl sites for hydroxylation is 2. The SMILES string of the molecule is Cc1ccc(Cl)c2sc(N(CCCn3ccnc3)C(=O)/C=C/c3cccs3)nc12. The number of anilines is 1. The van der Waals surface area contributed by atoms with Crippen LogP contribution in [0.5, 0.6) is 0 Å². The van der Waals surface area contributed by atoms with Gasteiger partial charge in [-0.1, -0.05) is 35.1 Å². The number of hydrogen-bond donors (Lipinski definition) is 0. The molecule has 0 saturated heterocycles. The molecule has 4 aromatic rings. The first-order valence-corrected chi connectivity index (χ1v) is 11.2. The van der Waals surface area contributed by atoms with E-state index in [0.29, 0.717) is 16.7 Å². The second-order valence-corrected chi connectivity index (χ2v) is 8.90. The monoisotopic (exact) mass is 442 g/mol. The van der Waals surface area contributed by atoms with E-state index in [1.54, 1.807) is 34.8 Å². The number of hydrogen-bond acceptors (Lipinski definition) is 5. The molecule has 8 heteroatoms. The number of fused-ring (bicyclic) bond motifs is 1. The van der Waals surface area contributed by atoms with Gasteiger partial charge in [-0.3, -0.25) is 9.69 Å². The smallest absolute Gasteiger partial charge is 0.252 e. The summed E-state index contributed by atoms with van der Waals surface area (Å²) in [5, 5.41) is 3.32. The lowest BCUT2D eigenvalue weighted by atomic mass is 10.2. The molecule has 0 aliphatic heterocycles. The molecule has 3 heterocycles. The molecular weight excluding hydrogens is 424 g/mol. The number of halogens is 1. The first kappa shape index (κ1) is 19.8. The summed E-state index contributed by atoms with van der Waals surface area (Å²) < 4.78 is 2.92. The van der Waals surface area contributed by atoms with Crippen LogP contribution >= 0.6 is 34.3 Å². The van der Waals surface area contributed by atoms with Gasteiger partial charge < -0.3 is 4.57 Å². The fourth-order valence-electron chi connectivity index (χ4n) is 2.97. The van der Waals surface area contributed by atoms with Crippen molar-refractivity contribution in [2.45, 2.75) is 19.9 Å². The second-order valence-electron chi connectivity index (χ2n) is 6.53. The number of rotatable bonds is 7. The number of nitrogens with zero attached hydrogens (tertiary/aromatic N) is 4. The van der Waals surface area contributed by atoms with E-state index in [9.17, 15) is 4.79 Å². The number of carbonyl (C=O) groups is 1. The number of aromatic nitrogens is 3. The molecule has 0 aliphatic rings. The van der Waals surface area contributed by atoms with Crippen LogP contribution in [-0.4, -0.2) is 27.0 Å². The van der Waals surface area contributed by atoms with Gasteiger partial charge in [-0.2, -0.15) is 0 Å². The Hall–Kier alpha value is -2.48. The van der Waals surface area contributed by atoms with Gasteiger partial charge in [0.15, 0.2) is 5.13 Å². The molecule has 29 heavy (non-hydrogen) atoms. The van der Waals surface area contributed by atoms with Gasteiger partial charge >= 0.3 is 0 Å². The first-order valence-electron chi connectivity index (χ1n) is 9.16. The highest BCUT2D eigenvalue weighted by Gasteiger charge is 2.19. The molecule has 148 valence electrons. The number of thiazole rings is 1. The maximum Gasteiger partial charge on any atom is 0.252 e. The van der Waals surface area contributed by atoms with Crippen LogP contribution in [0.3, 0.4) is 0 Å². The number of benzene rings is 1. The van der Waals surface area contributed by atoms with Crippen molar-refractivity contribution in [3.05, 3.63) is 69.9 Å². The van der Waals surface area contributed by atoms with E-state index >= 15 is 0 Å². The summed E-state index contributed by atoms with van der Waals surface area (Å²) in [4.78, 5) is 24.6. The van der Waals surface area contributed by atoms with Crippen molar-refractivity contribution in [3.8, 4) is 0 Å². The van der Waals surface area contributed by atoms with E-state index in [1.807, 2.05) is 53.4 Å². The highest BCUT2D eigenvalue weighted by molar-refractivity contribution is 7.23. The van der Waals surface area contributed by atoms with Crippen molar-refractivity contribution in [3.63, 3.8) is 0 Å². The normalized spacial score (nSPS) is 11.5. The van der Waals surface area contributed by atoms with Crippen LogP contribution < -0.4 is 4.90 Å². The average Bonchev–Trinajstić information content (AvgIpc) is 3.47. The predicted molar refractivity (Wildman–Crippen MR) is 122 cm³/mol. The van der Waals surface area contributed by atoms with E-state index in [0.717, 1.165) is 33.6 Å². The van der Waals surface area contributed by atoms with Crippen LogP contribution in [-0.2, 0) is 11.3 Å². The molecule has 0 atom stereocenters. The van der Waals surface area contributed by atoms with Gasteiger partial charge in [0.2, 0.25) is 0 Å². The van der Waals surface area contributed by atoms with Gasteiger partial charge in [-0.05, 0) is 42.5 Å². The van der Waals surface area contributed by atoms with Crippen LogP contribution in [0.25, 0.3) is 16.3 Å². The first-order chi connectivity index (χ1) is 14.1. The molecule has 0 bridgehead atoms. The van der Waals surface area contributed by atoms with E-state index < -0.39 is 0 Å².